The topological polar surface area (TPSA) is 128 Å². The van der Waals surface area contributed by atoms with Gasteiger partial charge < -0.3 is 20.4 Å². The number of benzene rings is 1. The Bertz CT molecular complexity index is 1390. The van der Waals surface area contributed by atoms with Gasteiger partial charge >= 0.3 is 5.97 Å². The number of amides is 1. The summed E-state index contributed by atoms with van der Waals surface area (Å²) in [5.74, 6) is -1.35. The minimum Gasteiger partial charge on any atom is -0.479 e. The number of H-pyrrole nitrogens is 2. The van der Waals surface area contributed by atoms with Crippen molar-refractivity contribution in [2.75, 3.05) is 0 Å². The minimum absolute atomic E-state index is 0.177. The van der Waals surface area contributed by atoms with E-state index in [1.54, 1.807) is 43.5 Å². The van der Waals surface area contributed by atoms with Crippen molar-refractivity contribution in [3.05, 3.63) is 84.7 Å². The van der Waals surface area contributed by atoms with E-state index in [1.807, 2.05) is 6.92 Å². The largest absolute Gasteiger partial charge is 0.479 e. The van der Waals surface area contributed by atoms with E-state index in [4.69, 9.17) is 11.6 Å². The summed E-state index contributed by atoms with van der Waals surface area (Å²) >= 11 is 7.20. The van der Waals surface area contributed by atoms with Gasteiger partial charge in [-0.1, -0.05) is 30.7 Å². The molecule has 164 valence electrons. The molecule has 0 saturated heterocycles. The molecule has 2 atom stereocenters. The smallest absolute Gasteiger partial charge is 0.330 e. The lowest BCUT2D eigenvalue weighted by molar-refractivity contribution is -0.139. The molecule has 32 heavy (non-hydrogen) atoms. The second kappa shape index (κ2) is 8.60. The molecular formula is C22H19ClN4O4S. The Morgan fingerprint density at radius 1 is 1.25 bits per heavy atom. The molecule has 4 N–H and O–H groups in total. The molecule has 3 heterocycles. The predicted octanol–water partition coefficient (Wildman–Crippen LogP) is 3.98. The second-order valence-corrected chi connectivity index (χ2v) is 8.89. The molecule has 1 aromatic carbocycles. The standard InChI is InChI=1S/C22H19ClN4O4S/c1-10(14-9-24-19-17(14)21(29)26-11(2)25-19)15-6-7-16(32-15)20(28)27-18(22(30)31)12-4-3-5-13(23)8-12/h3-10,18H,1-2H3,(H,27,28)(H,30,31)(H2,24,25,26,29). The number of rotatable bonds is 6. The Balaban J connectivity index is 1.59. The Hall–Kier alpha value is -3.43. The van der Waals surface area contributed by atoms with Crippen LogP contribution in [0.2, 0.25) is 5.02 Å². The fourth-order valence-corrected chi connectivity index (χ4v) is 4.74. The molecule has 2 unspecified atom stereocenters. The average molecular weight is 471 g/mol. The summed E-state index contributed by atoms with van der Waals surface area (Å²) in [5.41, 5.74) is 1.43. The monoisotopic (exact) mass is 470 g/mol. The normalized spacial score (nSPS) is 13.1. The molecule has 10 heteroatoms. The van der Waals surface area contributed by atoms with Gasteiger partial charge in [0.25, 0.3) is 11.5 Å². The molecular weight excluding hydrogens is 452 g/mol. The highest BCUT2D eigenvalue weighted by Crippen LogP contribution is 2.33. The van der Waals surface area contributed by atoms with Crippen LogP contribution in [0.25, 0.3) is 11.0 Å². The molecule has 3 aromatic heterocycles. The summed E-state index contributed by atoms with van der Waals surface area (Å²) in [6.07, 6.45) is 1.75. The molecule has 1 amide bonds. The van der Waals surface area contributed by atoms with Gasteiger partial charge in [0.2, 0.25) is 0 Å². The van der Waals surface area contributed by atoms with Crippen molar-refractivity contribution in [2.45, 2.75) is 25.8 Å². The third-order valence-electron chi connectivity index (χ3n) is 5.14. The molecule has 8 nitrogen and oxygen atoms in total. The van der Waals surface area contributed by atoms with E-state index in [1.165, 1.54) is 17.4 Å². The van der Waals surface area contributed by atoms with Crippen LogP contribution in [0.3, 0.4) is 0 Å². The molecule has 4 rings (SSSR count). The Kier molecular flexibility index (Phi) is 5.86. The fraction of sp³-hybridized carbons (Fsp3) is 0.182. The zero-order valence-corrected chi connectivity index (χ0v) is 18.7. The number of hydrogen-bond donors (Lipinski definition) is 4. The number of thiophene rings is 1. The number of aromatic amines is 2. The van der Waals surface area contributed by atoms with E-state index in [9.17, 15) is 19.5 Å². The molecule has 0 radical (unpaired) electrons. The van der Waals surface area contributed by atoms with Crippen LogP contribution in [0.4, 0.5) is 0 Å². The van der Waals surface area contributed by atoms with Gasteiger partial charge in [-0.05, 0) is 42.3 Å². The van der Waals surface area contributed by atoms with Crippen LogP contribution in [0, 0.1) is 6.92 Å². The summed E-state index contributed by atoms with van der Waals surface area (Å²) < 4.78 is 0. The van der Waals surface area contributed by atoms with Crippen LogP contribution in [0.5, 0.6) is 0 Å². The highest BCUT2D eigenvalue weighted by Gasteiger charge is 2.25. The van der Waals surface area contributed by atoms with Crippen molar-refractivity contribution in [3.8, 4) is 0 Å². The first-order chi connectivity index (χ1) is 15.2. The number of aliphatic carboxylic acids is 1. The third kappa shape index (κ3) is 4.17. The zero-order valence-electron chi connectivity index (χ0n) is 17.1. The summed E-state index contributed by atoms with van der Waals surface area (Å²) in [4.78, 5) is 48.2. The number of carboxylic acid groups (broad SMARTS) is 1. The van der Waals surface area contributed by atoms with Crippen LogP contribution >= 0.6 is 22.9 Å². The number of aromatic nitrogens is 3. The van der Waals surface area contributed by atoms with E-state index in [0.717, 1.165) is 10.4 Å². The molecule has 0 spiro atoms. The number of carbonyl (C=O) groups excluding carboxylic acids is 1. The number of fused-ring (bicyclic) bond motifs is 1. The van der Waals surface area contributed by atoms with E-state index in [2.05, 4.69) is 20.3 Å². The molecule has 0 saturated carbocycles. The molecule has 0 aliphatic rings. The lowest BCUT2D eigenvalue weighted by Gasteiger charge is -2.14. The van der Waals surface area contributed by atoms with Crippen molar-refractivity contribution in [1.82, 2.24) is 20.3 Å². The van der Waals surface area contributed by atoms with Crippen molar-refractivity contribution in [2.24, 2.45) is 0 Å². The second-order valence-electron chi connectivity index (χ2n) is 7.34. The van der Waals surface area contributed by atoms with Crippen molar-refractivity contribution >= 4 is 45.8 Å². The van der Waals surface area contributed by atoms with Crippen LogP contribution < -0.4 is 10.9 Å². The van der Waals surface area contributed by atoms with Gasteiger partial charge in [-0.2, -0.15) is 0 Å². The Morgan fingerprint density at radius 3 is 2.75 bits per heavy atom. The van der Waals surface area contributed by atoms with E-state index < -0.39 is 17.9 Å². The van der Waals surface area contributed by atoms with Crippen molar-refractivity contribution in [3.63, 3.8) is 0 Å². The quantitative estimate of drug-likeness (QED) is 0.339. The van der Waals surface area contributed by atoms with E-state index in [-0.39, 0.29) is 11.5 Å². The molecule has 0 aliphatic heterocycles. The number of nitrogens with zero attached hydrogens (tertiary/aromatic N) is 1. The number of nitrogens with one attached hydrogen (secondary N) is 3. The van der Waals surface area contributed by atoms with Crippen molar-refractivity contribution < 1.29 is 14.7 Å². The number of halogens is 1. The molecule has 0 aliphatic carbocycles. The number of aryl methyl sites for hydroxylation is 1. The maximum absolute atomic E-state index is 12.8. The van der Waals surface area contributed by atoms with Crippen LogP contribution in [0.1, 0.15) is 50.4 Å². The Morgan fingerprint density at radius 2 is 2.03 bits per heavy atom. The van der Waals surface area contributed by atoms with Crippen molar-refractivity contribution in [1.29, 1.82) is 0 Å². The maximum atomic E-state index is 12.8. The first-order valence-corrected chi connectivity index (χ1v) is 10.9. The molecule has 4 aromatic rings. The predicted molar refractivity (Wildman–Crippen MR) is 123 cm³/mol. The molecule has 0 bridgehead atoms. The highest BCUT2D eigenvalue weighted by atomic mass is 35.5. The first-order valence-electron chi connectivity index (χ1n) is 9.71. The summed E-state index contributed by atoms with van der Waals surface area (Å²) in [6, 6.07) is 8.57. The van der Waals surface area contributed by atoms with Gasteiger partial charge in [0.05, 0.1) is 10.3 Å². The van der Waals surface area contributed by atoms with E-state index in [0.29, 0.717) is 32.3 Å². The minimum atomic E-state index is -1.23. The lowest BCUT2D eigenvalue weighted by atomic mass is 10.0. The first kappa shape index (κ1) is 21.8. The SMILES string of the molecule is Cc1nc2[nH]cc(C(C)c3ccc(C(=O)NC(C(=O)O)c4cccc(Cl)c4)s3)c2c(=O)[nH]1. The maximum Gasteiger partial charge on any atom is 0.330 e. The van der Waals surface area contributed by atoms with Crippen LogP contribution in [-0.4, -0.2) is 31.9 Å². The summed E-state index contributed by atoms with van der Waals surface area (Å²) in [6.45, 7) is 3.64. The summed E-state index contributed by atoms with van der Waals surface area (Å²) in [7, 11) is 0. The van der Waals surface area contributed by atoms with Gasteiger partial charge in [-0.25, -0.2) is 9.78 Å². The van der Waals surface area contributed by atoms with Gasteiger partial charge in [0.1, 0.15) is 11.5 Å². The van der Waals surface area contributed by atoms with Gasteiger partial charge in [0.15, 0.2) is 6.04 Å². The Labute approximate surface area is 191 Å². The van der Waals surface area contributed by atoms with Gasteiger partial charge in [0, 0.05) is 22.0 Å². The highest BCUT2D eigenvalue weighted by molar-refractivity contribution is 7.14. The zero-order chi connectivity index (χ0) is 23.0. The third-order valence-corrected chi connectivity index (χ3v) is 6.64. The average Bonchev–Trinajstić information content (AvgIpc) is 3.38. The van der Waals surface area contributed by atoms with Crippen LogP contribution in [0.15, 0.2) is 47.4 Å². The van der Waals surface area contributed by atoms with Crippen LogP contribution in [-0.2, 0) is 4.79 Å². The lowest BCUT2D eigenvalue weighted by Crippen LogP contribution is -2.33. The fourth-order valence-electron chi connectivity index (χ4n) is 3.55. The van der Waals surface area contributed by atoms with Gasteiger partial charge in [-0.15, -0.1) is 11.3 Å². The van der Waals surface area contributed by atoms with Gasteiger partial charge in [-0.3, -0.25) is 9.59 Å². The number of carbonyl (C=O) groups is 2. The molecule has 0 fully saturated rings. The number of carboxylic acids is 1. The number of hydrogen-bond acceptors (Lipinski definition) is 5. The summed E-state index contributed by atoms with van der Waals surface area (Å²) in [5, 5.41) is 13.0. The van der Waals surface area contributed by atoms with E-state index >= 15 is 0 Å².